The molecule has 0 unspecified atom stereocenters. The van der Waals surface area contributed by atoms with E-state index in [0.29, 0.717) is 5.92 Å². The Morgan fingerprint density at radius 3 is 2.64 bits per heavy atom. The fourth-order valence-corrected chi connectivity index (χ4v) is 1.68. The molecule has 0 aliphatic carbocycles. The number of nitrogens with zero attached hydrogens (tertiary/aromatic N) is 1. The molecule has 0 bridgehead atoms. The Bertz CT molecular complexity index is 117. The van der Waals surface area contributed by atoms with Crippen LogP contribution in [0, 0.1) is 11.3 Å². The van der Waals surface area contributed by atoms with Gasteiger partial charge < -0.3 is 10.3 Å². The first-order chi connectivity index (χ1) is 5.33. The second-order valence-electron chi connectivity index (χ2n) is 3.55. The molecule has 1 aliphatic heterocycles. The van der Waals surface area contributed by atoms with Crippen molar-refractivity contribution >= 4 is 6.21 Å². The van der Waals surface area contributed by atoms with Gasteiger partial charge in [-0.25, -0.2) is 0 Å². The number of rotatable bonds is 4. The molecule has 1 aliphatic rings. The van der Waals surface area contributed by atoms with Crippen LogP contribution in [0.15, 0.2) is 0 Å². The standard InChI is InChI=1S/C9H18N2/c1-9(4-5-10)8-11-6-2-3-7-11/h5,9-10H,2-4,6-8H2,1H3/t9-/m0/s1. The van der Waals surface area contributed by atoms with Crippen molar-refractivity contribution in [3.8, 4) is 0 Å². The van der Waals surface area contributed by atoms with Gasteiger partial charge in [0.15, 0.2) is 0 Å². The van der Waals surface area contributed by atoms with Gasteiger partial charge in [0.05, 0.1) is 0 Å². The third-order valence-corrected chi connectivity index (χ3v) is 2.29. The summed E-state index contributed by atoms with van der Waals surface area (Å²) in [5.74, 6) is 0.672. The molecule has 0 radical (unpaired) electrons. The van der Waals surface area contributed by atoms with Gasteiger partial charge in [0.1, 0.15) is 0 Å². The second kappa shape index (κ2) is 4.50. The molecule has 1 N–H and O–H groups in total. The molecule has 0 aromatic carbocycles. The first kappa shape index (κ1) is 8.72. The van der Waals surface area contributed by atoms with Crippen molar-refractivity contribution in [2.24, 2.45) is 5.92 Å². The normalized spacial score (nSPS) is 21.9. The first-order valence-electron chi connectivity index (χ1n) is 4.54. The van der Waals surface area contributed by atoms with Crippen LogP contribution in [-0.4, -0.2) is 30.7 Å². The lowest BCUT2D eigenvalue weighted by Crippen LogP contribution is -2.25. The third-order valence-electron chi connectivity index (χ3n) is 2.29. The molecular weight excluding hydrogens is 136 g/mol. The van der Waals surface area contributed by atoms with Crippen LogP contribution in [-0.2, 0) is 0 Å². The topological polar surface area (TPSA) is 27.1 Å². The number of hydrogen-bond acceptors (Lipinski definition) is 2. The number of hydrogen-bond donors (Lipinski definition) is 1. The first-order valence-corrected chi connectivity index (χ1v) is 4.54. The summed E-state index contributed by atoms with van der Waals surface area (Å²) in [7, 11) is 0. The van der Waals surface area contributed by atoms with E-state index >= 15 is 0 Å². The van der Waals surface area contributed by atoms with Crippen LogP contribution < -0.4 is 0 Å². The van der Waals surface area contributed by atoms with Crippen LogP contribution in [0.5, 0.6) is 0 Å². The lowest BCUT2D eigenvalue weighted by Gasteiger charge is -2.18. The maximum atomic E-state index is 6.96. The Balaban J connectivity index is 2.12. The molecule has 0 spiro atoms. The van der Waals surface area contributed by atoms with Crippen molar-refractivity contribution in [1.82, 2.24) is 4.90 Å². The highest BCUT2D eigenvalue weighted by molar-refractivity contribution is 5.53. The summed E-state index contributed by atoms with van der Waals surface area (Å²) >= 11 is 0. The van der Waals surface area contributed by atoms with Gasteiger partial charge in [-0.2, -0.15) is 0 Å². The highest BCUT2D eigenvalue weighted by Gasteiger charge is 2.13. The molecule has 2 nitrogen and oxygen atoms in total. The minimum Gasteiger partial charge on any atom is -0.313 e. The summed E-state index contributed by atoms with van der Waals surface area (Å²) in [4.78, 5) is 2.51. The van der Waals surface area contributed by atoms with Crippen LogP contribution >= 0.6 is 0 Å². The molecule has 1 fully saturated rings. The van der Waals surface area contributed by atoms with Crippen molar-refractivity contribution < 1.29 is 0 Å². The molecule has 1 heterocycles. The fourth-order valence-electron chi connectivity index (χ4n) is 1.68. The van der Waals surface area contributed by atoms with Crippen molar-refractivity contribution in [3.63, 3.8) is 0 Å². The van der Waals surface area contributed by atoms with Gasteiger partial charge in [0.2, 0.25) is 0 Å². The van der Waals surface area contributed by atoms with Crippen molar-refractivity contribution in [1.29, 1.82) is 5.41 Å². The molecule has 11 heavy (non-hydrogen) atoms. The zero-order chi connectivity index (χ0) is 8.10. The minimum atomic E-state index is 0.672. The summed E-state index contributed by atoms with van der Waals surface area (Å²) in [6.45, 7) is 5.98. The Labute approximate surface area is 69.1 Å². The van der Waals surface area contributed by atoms with E-state index in [0.717, 1.165) is 6.42 Å². The summed E-state index contributed by atoms with van der Waals surface area (Å²) < 4.78 is 0. The summed E-state index contributed by atoms with van der Waals surface area (Å²) in [5.41, 5.74) is 0. The van der Waals surface area contributed by atoms with E-state index in [1.807, 2.05) is 0 Å². The molecule has 0 aromatic rings. The van der Waals surface area contributed by atoms with Crippen LogP contribution in [0.3, 0.4) is 0 Å². The zero-order valence-corrected chi connectivity index (χ0v) is 7.34. The molecule has 1 saturated heterocycles. The fraction of sp³-hybridized carbons (Fsp3) is 0.889. The van der Waals surface area contributed by atoms with Gasteiger partial charge in [0, 0.05) is 6.54 Å². The smallest absolute Gasteiger partial charge is 0.00105 e. The van der Waals surface area contributed by atoms with Gasteiger partial charge in [-0.3, -0.25) is 0 Å². The van der Waals surface area contributed by atoms with Gasteiger partial charge in [-0.05, 0) is 44.5 Å². The van der Waals surface area contributed by atoms with E-state index in [4.69, 9.17) is 5.41 Å². The number of likely N-dealkylation sites (tertiary alicyclic amines) is 1. The predicted octanol–water partition coefficient (Wildman–Crippen LogP) is 1.76. The third kappa shape index (κ3) is 3.02. The SMILES string of the molecule is C[C@@H](CC=N)CN1CCCC1. The van der Waals surface area contributed by atoms with Crippen molar-refractivity contribution in [2.45, 2.75) is 26.2 Å². The van der Waals surface area contributed by atoms with Gasteiger partial charge in [0.25, 0.3) is 0 Å². The monoisotopic (exact) mass is 154 g/mol. The predicted molar refractivity (Wildman–Crippen MR) is 48.2 cm³/mol. The highest BCUT2D eigenvalue weighted by Crippen LogP contribution is 2.11. The summed E-state index contributed by atoms with van der Waals surface area (Å²) in [6, 6.07) is 0. The average Bonchev–Trinajstić information content (AvgIpc) is 2.40. The van der Waals surface area contributed by atoms with Crippen LogP contribution in [0.2, 0.25) is 0 Å². The Morgan fingerprint density at radius 1 is 1.45 bits per heavy atom. The molecule has 1 rings (SSSR count). The van der Waals surface area contributed by atoms with E-state index in [-0.39, 0.29) is 0 Å². The maximum absolute atomic E-state index is 6.96. The quantitative estimate of drug-likeness (QED) is 0.614. The van der Waals surface area contributed by atoms with E-state index in [2.05, 4.69) is 11.8 Å². The summed E-state index contributed by atoms with van der Waals surface area (Å²) in [5, 5.41) is 6.96. The molecule has 0 amide bonds. The van der Waals surface area contributed by atoms with Gasteiger partial charge >= 0.3 is 0 Å². The van der Waals surface area contributed by atoms with Gasteiger partial charge in [-0.15, -0.1) is 0 Å². The van der Waals surface area contributed by atoms with E-state index < -0.39 is 0 Å². The van der Waals surface area contributed by atoms with E-state index in [9.17, 15) is 0 Å². The van der Waals surface area contributed by atoms with Crippen LogP contribution in [0.1, 0.15) is 26.2 Å². The molecular formula is C9H18N2. The Morgan fingerprint density at radius 2 is 2.09 bits per heavy atom. The lowest BCUT2D eigenvalue weighted by molar-refractivity contribution is 0.292. The Hall–Kier alpha value is -0.370. The van der Waals surface area contributed by atoms with Gasteiger partial charge in [-0.1, -0.05) is 6.92 Å². The molecule has 1 atom stereocenters. The second-order valence-corrected chi connectivity index (χ2v) is 3.55. The maximum Gasteiger partial charge on any atom is 0.00105 e. The Kier molecular flexibility index (Phi) is 3.57. The van der Waals surface area contributed by atoms with E-state index in [1.54, 1.807) is 0 Å². The lowest BCUT2D eigenvalue weighted by atomic mass is 10.1. The van der Waals surface area contributed by atoms with Crippen LogP contribution in [0.4, 0.5) is 0 Å². The number of nitrogens with one attached hydrogen (secondary N) is 1. The van der Waals surface area contributed by atoms with Crippen molar-refractivity contribution in [2.75, 3.05) is 19.6 Å². The van der Waals surface area contributed by atoms with E-state index in [1.165, 1.54) is 38.7 Å². The molecule has 0 aromatic heterocycles. The zero-order valence-electron chi connectivity index (χ0n) is 7.34. The minimum absolute atomic E-state index is 0.672. The van der Waals surface area contributed by atoms with Crippen LogP contribution in [0.25, 0.3) is 0 Å². The summed E-state index contributed by atoms with van der Waals surface area (Å²) in [6.07, 6.45) is 5.21. The highest BCUT2D eigenvalue weighted by atomic mass is 15.1. The van der Waals surface area contributed by atoms with Crippen molar-refractivity contribution in [3.05, 3.63) is 0 Å². The largest absolute Gasteiger partial charge is 0.313 e. The molecule has 2 heteroatoms. The average molecular weight is 154 g/mol. The molecule has 0 saturated carbocycles. The molecule has 64 valence electrons.